The van der Waals surface area contributed by atoms with Crippen molar-refractivity contribution in [3.8, 4) is 0 Å². The van der Waals surface area contributed by atoms with E-state index in [1.165, 1.54) is 0 Å². The van der Waals surface area contributed by atoms with E-state index in [9.17, 15) is 4.79 Å². The number of aliphatic carboxylic acids is 1. The average molecular weight is 273 g/mol. The highest BCUT2D eigenvalue weighted by atomic mass is 32.2. The Balaban J connectivity index is 1.83. The number of para-hydroxylation sites is 1. The molecule has 19 heavy (non-hydrogen) atoms. The van der Waals surface area contributed by atoms with E-state index in [4.69, 9.17) is 9.84 Å². The lowest BCUT2D eigenvalue weighted by molar-refractivity contribution is -0.140. The number of thioether (sulfide) groups is 1. The van der Waals surface area contributed by atoms with Crippen LogP contribution >= 0.6 is 11.8 Å². The van der Waals surface area contributed by atoms with Crippen molar-refractivity contribution in [2.24, 2.45) is 4.99 Å². The number of ether oxygens (including phenoxy) is 1. The molecule has 5 heteroatoms. The maximum absolute atomic E-state index is 10.5. The molecule has 0 amide bonds. The first-order valence-electron chi connectivity index (χ1n) is 5.82. The van der Waals surface area contributed by atoms with Crippen LogP contribution in [0, 0.1) is 0 Å². The normalized spacial score (nSPS) is 16.5. The molecule has 1 N–H and O–H groups in total. The minimum atomic E-state index is -0.971. The molecule has 0 saturated heterocycles. The fraction of sp³-hybridized carbons (Fsp3) is 0.143. The zero-order valence-electron chi connectivity index (χ0n) is 10.00. The summed E-state index contributed by atoms with van der Waals surface area (Å²) in [5.41, 5.74) is 1.89. The summed E-state index contributed by atoms with van der Waals surface area (Å²) >= 11 is 1.68. The van der Waals surface area contributed by atoms with Gasteiger partial charge < -0.3 is 9.84 Å². The van der Waals surface area contributed by atoms with E-state index in [0.29, 0.717) is 12.2 Å². The third-order valence-corrected chi connectivity index (χ3v) is 3.93. The smallest absolute Gasteiger partial charge is 0.341 e. The lowest BCUT2D eigenvalue weighted by Gasteiger charge is -2.21. The topological polar surface area (TPSA) is 58.9 Å². The zero-order chi connectivity index (χ0) is 13.2. The lowest BCUT2D eigenvalue weighted by Crippen LogP contribution is -2.13. The zero-order valence-corrected chi connectivity index (χ0v) is 10.8. The molecular weight excluding hydrogens is 262 g/mol. The van der Waals surface area contributed by atoms with E-state index in [0.717, 1.165) is 21.2 Å². The second-order valence-electron chi connectivity index (χ2n) is 4.15. The Morgan fingerprint density at radius 3 is 3.05 bits per heavy atom. The Bertz CT molecular complexity index is 631. The summed E-state index contributed by atoms with van der Waals surface area (Å²) in [6.45, 7) is -0.313. The number of hydrogen-bond acceptors (Lipinski definition) is 4. The van der Waals surface area contributed by atoms with Gasteiger partial charge in [-0.1, -0.05) is 23.9 Å². The maximum atomic E-state index is 10.5. The summed E-state index contributed by atoms with van der Waals surface area (Å²) in [5.74, 6) is -0.328. The summed E-state index contributed by atoms with van der Waals surface area (Å²) in [6.07, 6.45) is 4.29. The molecule has 0 bridgehead atoms. The number of fused-ring (bicyclic) bond motifs is 2. The number of carboxylic acids is 1. The molecule has 1 aromatic rings. The molecule has 96 valence electrons. The number of nitrogens with zero attached hydrogens (tertiary/aromatic N) is 1. The maximum Gasteiger partial charge on any atom is 0.341 e. The predicted octanol–water partition coefficient (Wildman–Crippen LogP) is 3.14. The molecule has 0 atom stereocenters. The van der Waals surface area contributed by atoms with Crippen molar-refractivity contribution in [3.63, 3.8) is 0 Å². The van der Waals surface area contributed by atoms with Gasteiger partial charge in [-0.05, 0) is 24.3 Å². The van der Waals surface area contributed by atoms with Crippen molar-refractivity contribution >= 4 is 29.1 Å². The van der Waals surface area contributed by atoms with E-state index >= 15 is 0 Å². The molecule has 0 aromatic heterocycles. The molecule has 1 aliphatic heterocycles. The molecule has 0 radical (unpaired) electrons. The van der Waals surface area contributed by atoms with Gasteiger partial charge in [0.25, 0.3) is 0 Å². The molecule has 0 fully saturated rings. The van der Waals surface area contributed by atoms with Gasteiger partial charge >= 0.3 is 5.97 Å². The van der Waals surface area contributed by atoms with Crippen LogP contribution < -0.4 is 0 Å². The molecule has 1 aromatic carbocycles. The Morgan fingerprint density at radius 1 is 1.37 bits per heavy atom. The summed E-state index contributed by atoms with van der Waals surface area (Å²) < 4.78 is 5.21. The molecule has 0 saturated carbocycles. The molecule has 3 rings (SSSR count). The Morgan fingerprint density at radius 2 is 2.21 bits per heavy atom. The second-order valence-corrected chi connectivity index (χ2v) is 5.24. The Kier molecular flexibility index (Phi) is 3.13. The Hall–Kier alpha value is -2.01. The van der Waals surface area contributed by atoms with E-state index in [2.05, 4.69) is 4.99 Å². The molecule has 1 heterocycles. The van der Waals surface area contributed by atoms with Gasteiger partial charge in [-0.2, -0.15) is 0 Å². The number of carbonyl (C=O) groups is 1. The van der Waals surface area contributed by atoms with E-state index in [-0.39, 0.29) is 6.61 Å². The van der Waals surface area contributed by atoms with Gasteiger partial charge in [0, 0.05) is 16.2 Å². The molecule has 2 aliphatic rings. The number of carboxylic acid groups (broad SMARTS) is 1. The molecule has 4 nitrogen and oxygen atoms in total. The number of aliphatic imine (C=N–C) groups is 1. The standard InChI is InChI=1S/C14H11NO3S/c16-14(17)8-18-9-5-6-13-11(7-9)15-10-3-1-2-4-12(10)19-13/h1-6H,7-8H2,(H,16,17). The quantitative estimate of drug-likeness (QED) is 0.919. The van der Waals surface area contributed by atoms with Crippen LogP contribution in [0.1, 0.15) is 6.42 Å². The van der Waals surface area contributed by atoms with Crippen LogP contribution in [-0.4, -0.2) is 23.4 Å². The van der Waals surface area contributed by atoms with E-state index in [1.807, 2.05) is 36.4 Å². The number of hydrogen-bond donors (Lipinski definition) is 1. The molecule has 0 spiro atoms. The van der Waals surface area contributed by atoms with Crippen molar-refractivity contribution in [1.29, 1.82) is 0 Å². The van der Waals surface area contributed by atoms with Crippen LogP contribution in [0.5, 0.6) is 0 Å². The van der Waals surface area contributed by atoms with Crippen molar-refractivity contribution in [2.75, 3.05) is 6.61 Å². The van der Waals surface area contributed by atoms with Crippen molar-refractivity contribution in [2.45, 2.75) is 11.3 Å². The van der Waals surface area contributed by atoms with Gasteiger partial charge in [0.1, 0.15) is 5.76 Å². The van der Waals surface area contributed by atoms with Gasteiger partial charge in [0.05, 0.1) is 11.4 Å². The fourth-order valence-corrected chi connectivity index (χ4v) is 2.89. The van der Waals surface area contributed by atoms with E-state index < -0.39 is 5.97 Å². The first-order chi connectivity index (χ1) is 9.22. The van der Waals surface area contributed by atoms with Crippen LogP contribution in [0.15, 0.2) is 57.0 Å². The first kappa shape index (κ1) is 12.0. The number of allylic oxidation sites excluding steroid dienone is 4. The third-order valence-electron chi connectivity index (χ3n) is 2.77. The highest BCUT2D eigenvalue weighted by molar-refractivity contribution is 8.04. The van der Waals surface area contributed by atoms with Gasteiger partial charge in [0.2, 0.25) is 0 Å². The van der Waals surface area contributed by atoms with Crippen LogP contribution in [0.4, 0.5) is 5.69 Å². The van der Waals surface area contributed by atoms with Crippen molar-refractivity contribution in [1.82, 2.24) is 0 Å². The SMILES string of the molecule is O=C(O)COC1=CC=C2Sc3ccccc3N=C2C1. The highest BCUT2D eigenvalue weighted by Crippen LogP contribution is 2.42. The van der Waals surface area contributed by atoms with Crippen molar-refractivity contribution in [3.05, 3.63) is 47.1 Å². The van der Waals surface area contributed by atoms with Gasteiger partial charge in [0.15, 0.2) is 6.61 Å². The summed E-state index contributed by atoms with van der Waals surface area (Å²) in [4.78, 5) is 17.3. The van der Waals surface area contributed by atoms with Gasteiger partial charge in [-0.25, -0.2) is 4.79 Å². The summed E-state index contributed by atoms with van der Waals surface area (Å²) in [6, 6.07) is 7.97. The average Bonchev–Trinajstić information content (AvgIpc) is 2.42. The lowest BCUT2D eigenvalue weighted by atomic mass is 10.1. The monoisotopic (exact) mass is 273 g/mol. The molecule has 0 unspecified atom stereocenters. The summed E-state index contributed by atoms with van der Waals surface area (Å²) in [7, 11) is 0. The predicted molar refractivity (Wildman–Crippen MR) is 73.8 cm³/mol. The van der Waals surface area contributed by atoms with Crippen LogP contribution in [0.3, 0.4) is 0 Å². The minimum Gasteiger partial charge on any atom is -0.486 e. The van der Waals surface area contributed by atoms with Crippen LogP contribution in [0.25, 0.3) is 0 Å². The van der Waals surface area contributed by atoms with Gasteiger partial charge in [-0.3, -0.25) is 4.99 Å². The van der Waals surface area contributed by atoms with E-state index in [1.54, 1.807) is 11.8 Å². The fourth-order valence-electron chi connectivity index (χ4n) is 1.92. The first-order valence-corrected chi connectivity index (χ1v) is 6.64. The third kappa shape index (κ3) is 2.56. The number of benzene rings is 1. The summed E-state index contributed by atoms with van der Waals surface area (Å²) in [5, 5.41) is 8.60. The van der Waals surface area contributed by atoms with Crippen LogP contribution in [-0.2, 0) is 9.53 Å². The second kappa shape index (κ2) is 4.93. The largest absolute Gasteiger partial charge is 0.486 e. The number of rotatable bonds is 3. The Labute approximate surface area is 114 Å². The highest BCUT2D eigenvalue weighted by Gasteiger charge is 2.21. The van der Waals surface area contributed by atoms with Crippen LogP contribution in [0.2, 0.25) is 0 Å². The molecule has 1 aliphatic carbocycles. The minimum absolute atomic E-state index is 0.313. The van der Waals surface area contributed by atoms with Gasteiger partial charge in [-0.15, -0.1) is 0 Å². The molecular formula is C14H11NO3S. The van der Waals surface area contributed by atoms with Crippen molar-refractivity contribution < 1.29 is 14.6 Å².